The normalized spacial score (nSPS) is 10.6. The van der Waals surface area contributed by atoms with E-state index in [1.165, 1.54) is 10.9 Å². The highest BCUT2D eigenvalue weighted by Gasteiger charge is 2.24. The van der Waals surface area contributed by atoms with Crippen LogP contribution in [0.5, 0.6) is 0 Å². The molecule has 1 N–H and O–H groups in total. The largest absolute Gasteiger partial charge is 0.354 e. The number of aryl methyl sites for hydroxylation is 2. The van der Waals surface area contributed by atoms with Crippen LogP contribution in [0.2, 0.25) is 5.02 Å². The fourth-order valence-electron chi connectivity index (χ4n) is 1.71. The Morgan fingerprint density at radius 2 is 2.10 bits per heavy atom. The zero-order chi connectivity index (χ0) is 14.9. The summed E-state index contributed by atoms with van der Waals surface area (Å²) < 4.78 is 1.30. The highest BCUT2D eigenvalue weighted by molar-refractivity contribution is 6.31. The molecule has 0 fully saturated rings. The van der Waals surface area contributed by atoms with Crippen molar-refractivity contribution in [3.05, 3.63) is 32.7 Å². The number of halogens is 1. The van der Waals surface area contributed by atoms with Crippen LogP contribution in [0.1, 0.15) is 18.3 Å². The fourth-order valence-corrected chi connectivity index (χ4v) is 1.84. The highest BCUT2D eigenvalue weighted by atomic mass is 35.5. The molecule has 106 valence electrons. The molecule has 20 heavy (non-hydrogen) atoms. The van der Waals surface area contributed by atoms with E-state index in [0.717, 1.165) is 0 Å². The summed E-state index contributed by atoms with van der Waals surface area (Å²) in [6.07, 6.45) is 1.49. The molecule has 0 aromatic carbocycles. The average molecular weight is 297 g/mol. The molecule has 0 radical (unpaired) electrons. The lowest BCUT2D eigenvalue weighted by atomic mass is 10.3. The lowest BCUT2D eigenvalue weighted by Gasteiger charge is -2.07. The molecule has 9 heteroatoms. The number of hydrogen-bond donors (Lipinski definition) is 1. The zero-order valence-electron chi connectivity index (χ0n) is 11.2. The highest BCUT2D eigenvalue weighted by Crippen LogP contribution is 2.26. The summed E-state index contributed by atoms with van der Waals surface area (Å²) in [4.78, 5) is 18.9. The predicted molar refractivity (Wildman–Crippen MR) is 74.5 cm³/mol. The molecular formula is C11H13ClN6O2. The van der Waals surface area contributed by atoms with E-state index < -0.39 is 4.92 Å². The Balaban J connectivity index is 2.67. The second-order valence-electron chi connectivity index (χ2n) is 4.10. The van der Waals surface area contributed by atoms with Gasteiger partial charge in [0.1, 0.15) is 5.69 Å². The van der Waals surface area contributed by atoms with E-state index in [1.54, 1.807) is 13.8 Å². The number of rotatable bonds is 4. The molecule has 8 nitrogen and oxygen atoms in total. The number of aromatic nitrogens is 4. The summed E-state index contributed by atoms with van der Waals surface area (Å²) in [6, 6.07) is 0. The maximum Gasteiger partial charge on any atom is 0.334 e. The average Bonchev–Trinajstić information content (AvgIpc) is 2.68. The number of anilines is 1. The topological polar surface area (TPSA) is 98.8 Å². The first-order valence-electron chi connectivity index (χ1n) is 5.93. The first-order valence-corrected chi connectivity index (χ1v) is 6.30. The molecule has 2 aromatic rings. The van der Waals surface area contributed by atoms with Crippen molar-refractivity contribution >= 4 is 23.2 Å². The maximum absolute atomic E-state index is 11.2. The van der Waals surface area contributed by atoms with E-state index in [0.29, 0.717) is 23.2 Å². The third-order valence-electron chi connectivity index (χ3n) is 2.61. The van der Waals surface area contributed by atoms with Crippen molar-refractivity contribution in [3.8, 4) is 5.82 Å². The van der Waals surface area contributed by atoms with Crippen LogP contribution >= 0.6 is 11.6 Å². The van der Waals surface area contributed by atoms with E-state index >= 15 is 0 Å². The predicted octanol–water partition coefficient (Wildman–Crippen LogP) is 2.27. The van der Waals surface area contributed by atoms with E-state index in [1.807, 2.05) is 6.92 Å². The molecule has 0 bridgehead atoms. The number of nitrogens with one attached hydrogen (secondary N) is 1. The Morgan fingerprint density at radius 1 is 1.40 bits per heavy atom. The van der Waals surface area contributed by atoms with Gasteiger partial charge in [0.05, 0.1) is 21.8 Å². The lowest BCUT2D eigenvalue weighted by molar-refractivity contribution is -0.385. The Kier molecular flexibility index (Phi) is 3.84. The van der Waals surface area contributed by atoms with Crippen LogP contribution < -0.4 is 5.32 Å². The molecule has 2 heterocycles. The van der Waals surface area contributed by atoms with E-state index in [-0.39, 0.29) is 17.2 Å². The summed E-state index contributed by atoms with van der Waals surface area (Å²) in [5.41, 5.74) is 0.647. The first-order chi connectivity index (χ1) is 9.43. The minimum atomic E-state index is -0.523. The Bertz CT molecular complexity index is 650. The van der Waals surface area contributed by atoms with Gasteiger partial charge in [-0.15, -0.1) is 0 Å². The van der Waals surface area contributed by atoms with E-state index in [9.17, 15) is 10.1 Å². The van der Waals surface area contributed by atoms with Crippen LogP contribution in [0.3, 0.4) is 0 Å². The molecule has 0 amide bonds. The second-order valence-corrected chi connectivity index (χ2v) is 4.51. The smallest absolute Gasteiger partial charge is 0.334 e. The molecule has 2 aromatic heterocycles. The van der Waals surface area contributed by atoms with Crippen molar-refractivity contribution in [3.63, 3.8) is 0 Å². The van der Waals surface area contributed by atoms with E-state index in [2.05, 4.69) is 20.4 Å². The van der Waals surface area contributed by atoms with Crippen LogP contribution in [0, 0.1) is 24.0 Å². The summed E-state index contributed by atoms with van der Waals surface area (Å²) in [6.45, 7) is 5.76. The quantitative estimate of drug-likeness (QED) is 0.686. The summed E-state index contributed by atoms with van der Waals surface area (Å²) in [5.74, 6) is 0.406. The van der Waals surface area contributed by atoms with Crippen molar-refractivity contribution in [1.82, 2.24) is 19.7 Å². The van der Waals surface area contributed by atoms with Gasteiger partial charge in [-0.1, -0.05) is 11.6 Å². The number of nitrogens with zero attached hydrogens (tertiary/aromatic N) is 5. The molecule has 0 atom stereocenters. The molecule has 0 spiro atoms. The molecule has 0 saturated heterocycles. The van der Waals surface area contributed by atoms with Crippen molar-refractivity contribution < 1.29 is 4.92 Å². The van der Waals surface area contributed by atoms with Gasteiger partial charge in [0.25, 0.3) is 0 Å². The van der Waals surface area contributed by atoms with Gasteiger partial charge in [-0.3, -0.25) is 10.1 Å². The van der Waals surface area contributed by atoms with Gasteiger partial charge in [0.15, 0.2) is 0 Å². The molecule has 0 aliphatic rings. The third-order valence-corrected chi connectivity index (χ3v) is 2.98. The minimum absolute atomic E-state index is 0.0912. The van der Waals surface area contributed by atoms with Crippen LogP contribution in [-0.4, -0.2) is 31.2 Å². The molecule has 2 rings (SSSR count). The second kappa shape index (κ2) is 5.41. The molecule has 0 saturated carbocycles. The zero-order valence-corrected chi connectivity index (χ0v) is 12.0. The lowest BCUT2D eigenvalue weighted by Crippen LogP contribution is -2.11. The van der Waals surface area contributed by atoms with Crippen molar-refractivity contribution in [2.24, 2.45) is 0 Å². The van der Waals surface area contributed by atoms with Crippen molar-refractivity contribution in [2.45, 2.75) is 20.8 Å². The van der Waals surface area contributed by atoms with Crippen LogP contribution in [-0.2, 0) is 0 Å². The molecule has 0 aliphatic carbocycles. The van der Waals surface area contributed by atoms with Crippen molar-refractivity contribution in [2.75, 3.05) is 11.9 Å². The number of nitro groups is 1. The molecular weight excluding hydrogens is 284 g/mol. The molecule has 0 unspecified atom stereocenters. The van der Waals surface area contributed by atoms with Gasteiger partial charge >= 0.3 is 5.69 Å². The Hall–Kier alpha value is -2.22. The minimum Gasteiger partial charge on any atom is -0.354 e. The summed E-state index contributed by atoms with van der Waals surface area (Å²) in [7, 11) is 0. The molecule has 0 aliphatic heterocycles. The van der Waals surface area contributed by atoms with Gasteiger partial charge < -0.3 is 5.32 Å². The fraction of sp³-hybridized carbons (Fsp3) is 0.364. The Morgan fingerprint density at radius 3 is 2.60 bits per heavy atom. The number of hydrogen-bond acceptors (Lipinski definition) is 6. The van der Waals surface area contributed by atoms with Crippen LogP contribution in [0.25, 0.3) is 5.82 Å². The van der Waals surface area contributed by atoms with E-state index in [4.69, 9.17) is 11.6 Å². The van der Waals surface area contributed by atoms with Crippen molar-refractivity contribution in [1.29, 1.82) is 0 Å². The maximum atomic E-state index is 11.2. The van der Waals surface area contributed by atoms with Gasteiger partial charge in [0, 0.05) is 6.54 Å². The monoisotopic (exact) mass is 296 g/mol. The van der Waals surface area contributed by atoms with Gasteiger partial charge in [-0.05, 0) is 20.8 Å². The standard InChI is InChI=1S/C11H13ClN6O2/c1-4-13-11-14-7(3)9(18(19)20)10(15-11)17-5-8(12)6(2)16-17/h5H,4H2,1-3H3,(H,13,14,15). The Labute approximate surface area is 120 Å². The first kappa shape index (κ1) is 14.2. The van der Waals surface area contributed by atoms with Gasteiger partial charge in [-0.2, -0.15) is 10.1 Å². The third kappa shape index (κ3) is 2.55. The van der Waals surface area contributed by atoms with Gasteiger partial charge in [0.2, 0.25) is 11.8 Å². The van der Waals surface area contributed by atoms with Gasteiger partial charge in [-0.25, -0.2) is 9.67 Å². The SMILES string of the molecule is CCNc1nc(C)c([N+](=O)[O-])c(-n2cc(Cl)c(C)n2)n1. The van der Waals surface area contributed by atoms with Crippen LogP contribution in [0.4, 0.5) is 11.6 Å². The summed E-state index contributed by atoms with van der Waals surface area (Å²) in [5, 5.41) is 18.7. The van der Waals surface area contributed by atoms with Crippen LogP contribution in [0.15, 0.2) is 6.20 Å². The summed E-state index contributed by atoms with van der Waals surface area (Å²) >= 11 is 5.94.